The number of unbranched alkanes of at least 4 members (excludes halogenated alkanes) is 1. The van der Waals surface area contributed by atoms with Crippen molar-refractivity contribution < 1.29 is 9.59 Å². The Balaban J connectivity index is 1.98. The number of carbonyl (C=O) groups is 2. The first-order valence-electron chi connectivity index (χ1n) is 7.72. The van der Waals surface area contributed by atoms with Crippen LogP contribution < -0.4 is 10.6 Å². The van der Waals surface area contributed by atoms with Crippen LogP contribution in [-0.2, 0) is 4.79 Å². The summed E-state index contributed by atoms with van der Waals surface area (Å²) in [7, 11) is 0. The number of nitrogens with zero attached hydrogens (tertiary/aromatic N) is 1. The van der Waals surface area contributed by atoms with Crippen molar-refractivity contribution in [3.05, 3.63) is 48.2 Å². The first-order chi connectivity index (χ1) is 11.1. The number of nitrogens with one attached hydrogen (secondary N) is 2. The molecule has 0 spiro atoms. The van der Waals surface area contributed by atoms with Crippen LogP contribution in [0, 0.1) is 0 Å². The monoisotopic (exact) mass is 311 g/mol. The summed E-state index contributed by atoms with van der Waals surface area (Å²) in [6.07, 6.45) is 4.01. The summed E-state index contributed by atoms with van der Waals surface area (Å²) in [5.41, 5.74) is 2.12. The van der Waals surface area contributed by atoms with Crippen LogP contribution >= 0.6 is 0 Å². The molecule has 0 radical (unpaired) electrons. The van der Waals surface area contributed by atoms with Gasteiger partial charge in [0.25, 0.3) is 0 Å². The molecule has 1 amide bonds. The summed E-state index contributed by atoms with van der Waals surface area (Å²) in [5, 5.41) is 5.96. The molecule has 2 rings (SSSR count). The maximum Gasteiger partial charge on any atom is 0.224 e. The highest BCUT2D eigenvalue weighted by Gasteiger charge is 2.04. The summed E-state index contributed by atoms with van der Waals surface area (Å²) in [6.45, 7) is 3.59. The molecule has 0 aliphatic carbocycles. The van der Waals surface area contributed by atoms with Gasteiger partial charge in [0.15, 0.2) is 5.78 Å². The fourth-order valence-corrected chi connectivity index (χ4v) is 2.07. The first kappa shape index (κ1) is 16.7. The van der Waals surface area contributed by atoms with Crippen LogP contribution in [-0.4, -0.2) is 16.7 Å². The predicted octanol–water partition coefficient (Wildman–Crippen LogP) is 4.16. The third kappa shape index (κ3) is 5.21. The molecule has 0 unspecified atom stereocenters. The van der Waals surface area contributed by atoms with Crippen molar-refractivity contribution in [3.63, 3.8) is 0 Å². The molecule has 1 heterocycles. The minimum atomic E-state index is 0.00326. The number of rotatable bonds is 7. The third-order valence-corrected chi connectivity index (χ3v) is 3.35. The van der Waals surface area contributed by atoms with Gasteiger partial charge in [0.1, 0.15) is 5.82 Å². The number of carbonyl (C=O) groups excluding carboxylic acids is 2. The van der Waals surface area contributed by atoms with Gasteiger partial charge < -0.3 is 10.6 Å². The van der Waals surface area contributed by atoms with Crippen LogP contribution in [0.2, 0.25) is 0 Å². The van der Waals surface area contributed by atoms with E-state index in [1.165, 1.54) is 6.92 Å². The number of amides is 1. The Morgan fingerprint density at radius 3 is 2.61 bits per heavy atom. The molecule has 23 heavy (non-hydrogen) atoms. The minimum absolute atomic E-state index is 0.00326. The fraction of sp³-hybridized carbons (Fsp3) is 0.278. The largest absolute Gasteiger partial charge is 0.340 e. The molecule has 120 valence electrons. The van der Waals surface area contributed by atoms with Crippen molar-refractivity contribution in [2.45, 2.75) is 33.1 Å². The number of pyridine rings is 1. The molecule has 2 N–H and O–H groups in total. The molecule has 0 saturated carbocycles. The number of anilines is 3. The van der Waals surface area contributed by atoms with Gasteiger partial charge in [0.2, 0.25) is 5.91 Å². The Labute approximate surface area is 136 Å². The molecule has 0 atom stereocenters. The highest BCUT2D eigenvalue weighted by atomic mass is 16.1. The molecule has 0 bridgehead atoms. The van der Waals surface area contributed by atoms with Gasteiger partial charge >= 0.3 is 0 Å². The van der Waals surface area contributed by atoms with Crippen LogP contribution in [0.15, 0.2) is 42.6 Å². The molecule has 1 aromatic heterocycles. The summed E-state index contributed by atoms with van der Waals surface area (Å²) in [5.74, 6) is 0.674. The van der Waals surface area contributed by atoms with E-state index in [-0.39, 0.29) is 11.7 Å². The molecular formula is C18H21N3O2. The molecular weight excluding hydrogens is 290 g/mol. The number of benzene rings is 1. The number of Topliss-reactive ketones (excluding diaryl/α,β-unsaturated/α-hetero) is 1. The molecule has 5 nitrogen and oxygen atoms in total. The highest BCUT2D eigenvalue weighted by Crippen LogP contribution is 2.18. The van der Waals surface area contributed by atoms with Gasteiger partial charge in [-0.05, 0) is 37.6 Å². The molecule has 5 heteroatoms. The lowest BCUT2D eigenvalue weighted by molar-refractivity contribution is -0.116. The van der Waals surface area contributed by atoms with Crippen molar-refractivity contribution in [2.24, 2.45) is 0 Å². The van der Waals surface area contributed by atoms with Crippen molar-refractivity contribution in [1.82, 2.24) is 4.98 Å². The standard InChI is InChI=1S/C18H21N3O2/c1-3-4-8-18(23)21-16-9-10-17(19-12-16)20-15-7-5-6-14(11-15)13(2)22/h5-7,9-12H,3-4,8H2,1-2H3,(H,19,20)(H,21,23). The van der Waals surface area contributed by atoms with E-state index in [0.717, 1.165) is 18.5 Å². The lowest BCUT2D eigenvalue weighted by Gasteiger charge is -2.08. The second-order valence-electron chi connectivity index (χ2n) is 5.35. The van der Waals surface area contributed by atoms with Gasteiger partial charge in [-0.25, -0.2) is 4.98 Å². The lowest BCUT2D eigenvalue weighted by Crippen LogP contribution is -2.11. The first-order valence-corrected chi connectivity index (χ1v) is 7.72. The lowest BCUT2D eigenvalue weighted by atomic mass is 10.1. The van der Waals surface area contributed by atoms with Gasteiger partial charge in [0, 0.05) is 17.7 Å². The Morgan fingerprint density at radius 2 is 1.96 bits per heavy atom. The normalized spacial score (nSPS) is 10.2. The number of aromatic nitrogens is 1. The van der Waals surface area contributed by atoms with E-state index in [1.54, 1.807) is 30.5 Å². The zero-order chi connectivity index (χ0) is 16.7. The SMILES string of the molecule is CCCCC(=O)Nc1ccc(Nc2cccc(C(C)=O)c2)nc1. The molecule has 0 aliphatic heterocycles. The van der Waals surface area contributed by atoms with Gasteiger partial charge in [-0.2, -0.15) is 0 Å². The number of ketones is 1. The second kappa shape index (κ2) is 8.08. The molecule has 1 aromatic carbocycles. The van der Waals surface area contributed by atoms with Gasteiger partial charge in [-0.3, -0.25) is 9.59 Å². The molecule has 2 aromatic rings. The van der Waals surface area contributed by atoms with E-state index in [9.17, 15) is 9.59 Å². The summed E-state index contributed by atoms with van der Waals surface area (Å²) in [6, 6.07) is 10.8. The van der Waals surface area contributed by atoms with E-state index in [4.69, 9.17) is 0 Å². The van der Waals surface area contributed by atoms with E-state index in [0.29, 0.717) is 23.5 Å². The van der Waals surface area contributed by atoms with Crippen LogP contribution in [0.3, 0.4) is 0 Å². The van der Waals surface area contributed by atoms with Gasteiger partial charge in [-0.15, -0.1) is 0 Å². The Hall–Kier alpha value is -2.69. The van der Waals surface area contributed by atoms with Crippen LogP contribution in [0.1, 0.15) is 43.5 Å². The Morgan fingerprint density at radius 1 is 1.13 bits per heavy atom. The second-order valence-corrected chi connectivity index (χ2v) is 5.35. The molecule has 0 aliphatic rings. The molecule has 0 fully saturated rings. The van der Waals surface area contributed by atoms with E-state index < -0.39 is 0 Å². The van der Waals surface area contributed by atoms with Crippen LogP contribution in [0.25, 0.3) is 0 Å². The quantitative estimate of drug-likeness (QED) is 0.753. The minimum Gasteiger partial charge on any atom is -0.340 e. The average Bonchev–Trinajstić information content (AvgIpc) is 2.55. The van der Waals surface area contributed by atoms with Crippen LogP contribution in [0.4, 0.5) is 17.2 Å². The summed E-state index contributed by atoms with van der Waals surface area (Å²) >= 11 is 0. The topological polar surface area (TPSA) is 71.1 Å². The number of hydrogen-bond donors (Lipinski definition) is 2. The van der Waals surface area contributed by atoms with Gasteiger partial charge in [-0.1, -0.05) is 25.5 Å². The zero-order valence-electron chi connectivity index (χ0n) is 13.4. The predicted molar refractivity (Wildman–Crippen MR) is 92.1 cm³/mol. The highest BCUT2D eigenvalue weighted by molar-refractivity contribution is 5.95. The fourth-order valence-electron chi connectivity index (χ4n) is 2.07. The van der Waals surface area contributed by atoms with Crippen LogP contribution in [0.5, 0.6) is 0 Å². The maximum atomic E-state index is 11.7. The zero-order valence-corrected chi connectivity index (χ0v) is 13.4. The smallest absolute Gasteiger partial charge is 0.224 e. The molecule has 0 saturated heterocycles. The van der Waals surface area contributed by atoms with Crippen molar-refractivity contribution in [1.29, 1.82) is 0 Å². The van der Waals surface area contributed by atoms with E-state index >= 15 is 0 Å². The van der Waals surface area contributed by atoms with Crippen molar-refractivity contribution in [2.75, 3.05) is 10.6 Å². The number of hydrogen-bond acceptors (Lipinski definition) is 4. The van der Waals surface area contributed by atoms with E-state index in [1.807, 2.05) is 12.1 Å². The summed E-state index contributed by atoms with van der Waals surface area (Å²) < 4.78 is 0. The maximum absolute atomic E-state index is 11.7. The average molecular weight is 311 g/mol. The Kier molecular flexibility index (Phi) is 5.86. The third-order valence-electron chi connectivity index (χ3n) is 3.35. The van der Waals surface area contributed by atoms with Crippen molar-refractivity contribution >= 4 is 28.9 Å². The van der Waals surface area contributed by atoms with Crippen molar-refractivity contribution in [3.8, 4) is 0 Å². The summed E-state index contributed by atoms with van der Waals surface area (Å²) in [4.78, 5) is 27.3. The van der Waals surface area contributed by atoms with Gasteiger partial charge in [0.05, 0.1) is 11.9 Å². The Bertz CT molecular complexity index is 681. The van der Waals surface area contributed by atoms with E-state index in [2.05, 4.69) is 22.5 Å².